The summed E-state index contributed by atoms with van der Waals surface area (Å²) in [6, 6.07) is 6.72. The Hall–Kier alpha value is -0.900. The first kappa shape index (κ1) is 26.1. The standard InChI is InChI=1S/C26H47NO2.181H2/c1-18(2)10-19(3)11-20(4)12-21(5)13-24-8-9-25(14-22(24)6)23(7)15-26(27,16-28)17-29;;;;;;;;;;;;;;;;;;;;;;;;;;;;;;;;;;;;;;;;;;;;;;;;;;;;;;;;;;;;;;;;;;;;;;;;;;;;;;;;;;;;;;;;;;;;;;;;;;;;;;;;;;;;;;;;;;;;;;;;;;;;;;;;;;;;;;;;;;;;;;;;;;;;;;;;;;;;;;;;;;;;;;;;;;;;;;;;;;;;;/h8-9,14,18-21,23,28-29H,10-13,15-17,27H2,1-7H3;181*1H. The van der Waals surface area contributed by atoms with Crippen molar-refractivity contribution in [3.63, 3.8) is 0 Å². The van der Waals surface area contributed by atoms with Crippen LogP contribution in [0, 0.1) is 30.6 Å². The van der Waals surface area contributed by atoms with E-state index in [4.69, 9.17) is 5.73 Å². The van der Waals surface area contributed by atoms with Crippen molar-refractivity contribution in [2.75, 3.05) is 13.2 Å². The number of aryl methyl sites for hydroxylation is 1. The fourth-order valence-corrected chi connectivity index (χ4v) is 4.99. The minimum atomic E-state index is -0.913. The van der Waals surface area contributed by atoms with Gasteiger partial charge in [0.15, 0.2) is 0 Å². The fourth-order valence-electron chi connectivity index (χ4n) is 4.99. The van der Waals surface area contributed by atoms with Gasteiger partial charge in [-0.25, -0.2) is 0 Å². The van der Waals surface area contributed by atoms with E-state index in [0.717, 1.165) is 24.2 Å². The van der Waals surface area contributed by atoms with Gasteiger partial charge < -0.3 is 15.9 Å². The van der Waals surface area contributed by atoms with Gasteiger partial charge in [-0.3, -0.25) is 0 Å². The Balaban J connectivity index is -0.000000000260. The summed E-state index contributed by atoms with van der Waals surface area (Å²) in [6.45, 7) is 15.7. The topological polar surface area (TPSA) is 66.5 Å². The molecule has 0 fully saturated rings. The van der Waals surface area contributed by atoms with Crippen LogP contribution in [0.2, 0.25) is 0 Å². The molecule has 4 N–H and O–H groups in total. The molecule has 3 heteroatoms. The highest BCUT2D eigenvalue weighted by Gasteiger charge is 2.26. The third-order valence-electron chi connectivity index (χ3n) is 6.33. The highest BCUT2D eigenvalue weighted by atomic mass is 16.3. The average molecular weight is 771 g/mol. The Morgan fingerprint density at radius 1 is 0.897 bits per heavy atom. The van der Waals surface area contributed by atoms with Crippen molar-refractivity contribution >= 4 is 0 Å². The molecule has 0 aliphatic rings. The summed E-state index contributed by atoms with van der Waals surface area (Å²) in [5.74, 6) is 3.25. The third kappa shape index (κ3) is 9.19. The molecule has 0 heterocycles. The number of hydrogen-bond donors (Lipinski definition) is 3. The highest BCUT2D eigenvalue weighted by molar-refractivity contribution is 5.33. The van der Waals surface area contributed by atoms with Crippen LogP contribution in [0.15, 0.2) is 18.2 Å². The molecule has 0 bridgehead atoms. The summed E-state index contributed by atoms with van der Waals surface area (Å²) in [5.41, 5.74) is 9.15. The predicted molar refractivity (Wildman–Crippen MR) is 508 cm³/mol. The van der Waals surface area contributed by atoms with E-state index in [1.54, 1.807) is 0 Å². The monoisotopic (exact) mass is 770 g/mol. The smallest absolute Gasteiger partial charge is 0.0633 e. The fraction of sp³-hybridized carbons (Fsp3) is 0.769. The lowest BCUT2D eigenvalue weighted by atomic mass is 9.82. The van der Waals surface area contributed by atoms with Crippen LogP contribution < -0.4 is 5.73 Å². The van der Waals surface area contributed by atoms with Crippen LogP contribution in [0.25, 0.3) is 0 Å². The molecule has 29 heavy (non-hydrogen) atoms. The molecule has 530 valence electrons. The molecular formula is C26H409NO2. The van der Waals surface area contributed by atoms with Gasteiger partial charge in [-0.2, -0.15) is 0 Å². The van der Waals surface area contributed by atoms with E-state index in [2.05, 4.69) is 66.7 Å². The molecule has 3 nitrogen and oxygen atoms in total. The molecule has 0 amide bonds. The van der Waals surface area contributed by atoms with Gasteiger partial charge in [0.05, 0.1) is 18.8 Å². The lowest BCUT2D eigenvalue weighted by Gasteiger charge is -2.28. The van der Waals surface area contributed by atoms with Crippen molar-refractivity contribution in [2.45, 2.75) is 92.0 Å². The normalized spacial score (nSPS) is 16.7. The van der Waals surface area contributed by atoms with Crippen molar-refractivity contribution in [1.29, 1.82) is 0 Å². The number of aliphatic hydroxyl groups excluding tert-OH is 2. The van der Waals surface area contributed by atoms with Crippen LogP contribution in [0.3, 0.4) is 0 Å². The van der Waals surface area contributed by atoms with E-state index >= 15 is 0 Å². The summed E-state index contributed by atoms with van der Waals surface area (Å²) >= 11 is 0. The summed E-state index contributed by atoms with van der Waals surface area (Å²) < 4.78 is 0. The van der Waals surface area contributed by atoms with Crippen LogP contribution in [-0.4, -0.2) is 29.0 Å². The number of hydrogen-bond acceptors (Lipinski definition) is 3. The first-order chi connectivity index (χ1) is 13.5. The van der Waals surface area contributed by atoms with Gasteiger partial charge in [-0.15, -0.1) is 0 Å². The largest absolute Gasteiger partial charge is 0.394 e. The van der Waals surface area contributed by atoms with Crippen molar-refractivity contribution in [3.05, 3.63) is 34.9 Å². The van der Waals surface area contributed by atoms with Crippen LogP contribution in [-0.2, 0) is 6.42 Å². The predicted octanol–water partition coefficient (Wildman–Crippen LogP) is 50.0. The molecule has 0 radical (unpaired) electrons. The number of aliphatic hydroxyl groups is 2. The second-order valence-corrected chi connectivity index (χ2v) is 10.6. The molecule has 0 saturated heterocycles. The Morgan fingerprint density at radius 2 is 1.45 bits per heavy atom. The minimum Gasteiger partial charge on any atom is -0.394 e. The van der Waals surface area contributed by atoms with E-state index in [1.165, 1.54) is 36.0 Å². The van der Waals surface area contributed by atoms with Crippen molar-refractivity contribution < 1.29 is 268 Å². The maximum atomic E-state index is 9.46. The average Bonchev–Trinajstić information content (AvgIpc) is 2.62. The van der Waals surface area contributed by atoms with Crippen LogP contribution in [0.4, 0.5) is 0 Å². The molecule has 1 aromatic carbocycles. The Morgan fingerprint density at radius 3 is 1.97 bits per heavy atom. The van der Waals surface area contributed by atoms with Gasteiger partial charge in [0, 0.05) is 258 Å². The first-order valence-corrected chi connectivity index (χ1v) is 11.6. The van der Waals surface area contributed by atoms with Crippen molar-refractivity contribution in [2.24, 2.45) is 29.4 Å². The number of benzene rings is 1. The highest BCUT2D eigenvalue weighted by Crippen LogP contribution is 2.29. The lowest BCUT2D eigenvalue weighted by molar-refractivity contribution is 0.110. The van der Waals surface area contributed by atoms with E-state index < -0.39 is 5.54 Å². The van der Waals surface area contributed by atoms with E-state index in [1.807, 2.05) is 0 Å². The quantitative estimate of drug-likeness (QED) is 0.187. The van der Waals surface area contributed by atoms with Gasteiger partial charge in [0.2, 0.25) is 0 Å². The third-order valence-corrected chi connectivity index (χ3v) is 6.33. The molecule has 0 spiro atoms. The minimum absolute atomic E-state index is 0. The summed E-state index contributed by atoms with van der Waals surface area (Å²) in [5, 5.41) is 18.9. The van der Waals surface area contributed by atoms with E-state index in [0.29, 0.717) is 12.3 Å². The number of rotatable bonds is 13. The Labute approximate surface area is 448 Å². The molecule has 4 atom stereocenters. The zero-order valence-electron chi connectivity index (χ0n) is 20.0. The van der Waals surface area contributed by atoms with Gasteiger partial charge in [-0.1, -0.05) is 59.7 Å². The number of nitrogens with two attached hydrogens (primary N) is 1. The van der Waals surface area contributed by atoms with Crippen LogP contribution >= 0.6 is 0 Å². The summed E-state index contributed by atoms with van der Waals surface area (Å²) in [6.07, 6.45) is 5.63. The second kappa shape index (κ2) is 12.1. The maximum Gasteiger partial charge on any atom is 0.0633 e. The molecule has 4 unspecified atom stereocenters. The molecule has 0 aromatic heterocycles. The molecule has 0 aliphatic carbocycles. The first-order valence-electron chi connectivity index (χ1n) is 11.6. The zero-order chi connectivity index (χ0) is 22.2. The van der Waals surface area contributed by atoms with Crippen molar-refractivity contribution in [1.82, 2.24) is 0 Å². The van der Waals surface area contributed by atoms with Crippen molar-refractivity contribution in [3.8, 4) is 0 Å². The van der Waals surface area contributed by atoms with Gasteiger partial charge in [0.25, 0.3) is 0 Å². The zero-order valence-corrected chi connectivity index (χ0v) is 20.0. The van der Waals surface area contributed by atoms with Gasteiger partial charge in [0.1, 0.15) is 0 Å². The van der Waals surface area contributed by atoms with E-state index in [-0.39, 0.29) is 277 Å². The van der Waals surface area contributed by atoms with Gasteiger partial charge >= 0.3 is 0 Å². The second-order valence-electron chi connectivity index (χ2n) is 10.6. The van der Waals surface area contributed by atoms with Gasteiger partial charge in [-0.05, 0) is 85.3 Å². The lowest BCUT2D eigenvalue weighted by Crippen LogP contribution is -2.48. The molecule has 0 aliphatic heterocycles. The SMILES string of the molecule is Cc1cc(C(C)CC(N)(CO)CO)ccc1CC(C)CC(C)CC(C)CC(C)C.[HH].[HH].[HH].[HH].[HH].[HH].[HH].[HH].[HH].[HH].[HH].[HH].[HH].[HH].[HH].[HH].[HH].[HH].[HH].[HH].[HH].[HH].[HH].[HH].[HH].[HH].[HH].[HH].[HH].[HH].[HH].[HH].[HH].[HH].[HH].[HH].[HH].[HH].[HH].[HH].[HH].[HH].[HH].[HH].[HH].[HH].[HH].[HH].[HH].[HH].[HH].[HH].[HH].[HH].[HH].[HH].[HH].[HH].[HH].[HH].[HH].[HH].[HH].[HH].[HH].[HH].[HH].[HH].[HH].[HH].[HH].[HH].[HH].[HH].[HH].[HH].[HH].[HH].[HH].[HH].[HH].[HH].[HH].[HH].[HH].[HH].[HH].[HH].[HH].[HH].[HH].[HH].[HH].[HH].[HH].[HH].[HH].[HH].[HH].[HH].[HH].[HH].[HH].[HH].[HH].[HH].[HH].[HH].[HH].[HH].[HH].[HH].[HH].[HH].[HH].[HH].[HH].[HH].[HH].[HH].[HH].[HH].[HH].[HH].[HH].[HH].[HH].[HH].[HH].[HH].[HH].[HH].[HH].[HH].[HH].[HH].[HH].[HH].[HH].[HH].[HH].[HH].[HH].[HH].[HH].[HH].[HH].[HH].[HH].[HH].[HH].[HH].[HH].[HH].[HH].[HH].[HH].[HH].[HH].[HH].[HH].[HH].[HH].[HH].[HH].[HH].[HH].[HH].[HH].[HH].[HH].[HH].[HH].[HH].[HH].[HH].[HH].[HH].[HH].[HH].[HH]. The molecule has 1 rings (SSSR count). The molecule has 1 aromatic rings. The summed E-state index contributed by atoms with van der Waals surface area (Å²) in [4.78, 5) is 0. The molecular weight excluding hydrogens is 358 g/mol. The maximum absolute atomic E-state index is 9.46. The van der Waals surface area contributed by atoms with E-state index in [9.17, 15) is 10.2 Å². The Bertz CT molecular complexity index is 716. The Kier molecular flexibility index (Phi) is 10.9. The van der Waals surface area contributed by atoms with Crippen LogP contribution in [0.5, 0.6) is 0 Å². The molecule has 0 saturated carbocycles. The summed E-state index contributed by atoms with van der Waals surface area (Å²) in [7, 11) is 0. The van der Waals surface area contributed by atoms with Crippen LogP contribution in [0.1, 0.15) is 348 Å².